The van der Waals surface area contributed by atoms with Gasteiger partial charge in [0.25, 0.3) is 0 Å². The van der Waals surface area contributed by atoms with Crippen molar-refractivity contribution in [2.24, 2.45) is 0 Å². The molecule has 0 heterocycles. The first-order valence-corrected chi connectivity index (χ1v) is 7.49. The summed E-state index contributed by atoms with van der Waals surface area (Å²) in [6.07, 6.45) is 0.635. The van der Waals surface area contributed by atoms with Crippen LogP contribution in [-0.4, -0.2) is 12.5 Å². The highest BCUT2D eigenvalue weighted by Gasteiger charge is 2.19. The molecule has 23 heavy (non-hydrogen) atoms. The second-order valence-corrected chi connectivity index (χ2v) is 5.29. The van der Waals surface area contributed by atoms with E-state index in [0.717, 1.165) is 5.56 Å². The minimum atomic E-state index is -2.95. The molecule has 1 amide bonds. The summed E-state index contributed by atoms with van der Waals surface area (Å²) in [5, 5.41) is 2.76. The van der Waals surface area contributed by atoms with Crippen LogP contribution < -0.4 is 10.1 Å². The lowest BCUT2D eigenvalue weighted by Crippen LogP contribution is -2.20. The van der Waals surface area contributed by atoms with Gasteiger partial charge in [-0.3, -0.25) is 4.79 Å². The molecule has 1 unspecified atom stereocenters. The molecule has 0 aliphatic heterocycles. The smallest absolute Gasteiger partial charge is 0.387 e. The van der Waals surface area contributed by atoms with Crippen LogP contribution in [-0.2, 0) is 4.79 Å². The van der Waals surface area contributed by atoms with Crippen LogP contribution >= 0.6 is 11.6 Å². The van der Waals surface area contributed by atoms with Crippen LogP contribution in [0.25, 0.3) is 0 Å². The highest BCUT2D eigenvalue weighted by Crippen LogP contribution is 2.30. The van der Waals surface area contributed by atoms with E-state index in [1.54, 1.807) is 0 Å². The third-order valence-corrected chi connectivity index (χ3v) is 3.64. The van der Waals surface area contributed by atoms with Crippen molar-refractivity contribution >= 4 is 23.2 Å². The molecule has 0 spiro atoms. The highest BCUT2D eigenvalue weighted by atomic mass is 35.5. The van der Waals surface area contributed by atoms with Gasteiger partial charge in [-0.25, -0.2) is 0 Å². The lowest BCUT2D eigenvalue weighted by atomic mass is 9.95. The molecule has 0 saturated heterocycles. The number of nitrogens with one attached hydrogen (secondary N) is 1. The summed E-state index contributed by atoms with van der Waals surface area (Å²) in [5.74, 6) is -0.612. The van der Waals surface area contributed by atoms with Crippen molar-refractivity contribution in [2.75, 3.05) is 5.32 Å². The van der Waals surface area contributed by atoms with Gasteiger partial charge in [0.1, 0.15) is 5.75 Å². The average Bonchev–Trinajstić information content (AvgIpc) is 2.51. The maximum absolute atomic E-state index is 12.4. The van der Waals surface area contributed by atoms with E-state index < -0.39 is 6.61 Å². The number of carbonyl (C=O) groups is 1. The Balaban J connectivity index is 2.11. The largest absolute Gasteiger partial charge is 0.433 e. The Morgan fingerprint density at radius 3 is 2.48 bits per heavy atom. The van der Waals surface area contributed by atoms with Gasteiger partial charge >= 0.3 is 6.61 Å². The van der Waals surface area contributed by atoms with Gasteiger partial charge in [0.15, 0.2) is 0 Å². The molecule has 2 aromatic rings. The first-order valence-electron chi connectivity index (χ1n) is 7.11. The first kappa shape index (κ1) is 17.2. The van der Waals surface area contributed by atoms with Gasteiger partial charge in [0.2, 0.25) is 5.91 Å². The molecule has 6 heteroatoms. The van der Waals surface area contributed by atoms with Crippen LogP contribution in [0.3, 0.4) is 0 Å². The molecule has 122 valence electrons. The van der Waals surface area contributed by atoms with Crippen molar-refractivity contribution in [2.45, 2.75) is 25.9 Å². The number of carbonyl (C=O) groups excluding carboxylic acids is 1. The molecule has 0 radical (unpaired) electrons. The average molecular weight is 340 g/mol. The second-order valence-electron chi connectivity index (χ2n) is 4.88. The molecule has 3 nitrogen and oxygen atoms in total. The topological polar surface area (TPSA) is 38.3 Å². The zero-order chi connectivity index (χ0) is 16.8. The molecular weight excluding hydrogens is 324 g/mol. The van der Waals surface area contributed by atoms with Crippen molar-refractivity contribution in [3.05, 3.63) is 59.1 Å². The maximum Gasteiger partial charge on any atom is 0.387 e. The third kappa shape index (κ3) is 4.66. The molecule has 2 rings (SSSR count). The lowest BCUT2D eigenvalue weighted by molar-refractivity contribution is -0.117. The number of rotatable bonds is 6. The molecule has 0 aromatic heterocycles. The standard InChI is InChI=1S/C17H16ClF2NO2/c1-2-13(11-6-4-3-5-7-11)16(22)21-12-8-9-15(14(18)10-12)23-17(19)20/h3-10,13,17H,2H2,1H3,(H,21,22). The molecule has 0 fully saturated rings. The monoisotopic (exact) mass is 339 g/mol. The first-order chi connectivity index (χ1) is 11.0. The maximum atomic E-state index is 12.4. The Bertz CT molecular complexity index is 665. The molecule has 2 aromatic carbocycles. The van der Waals surface area contributed by atoms with E-state index in [1.165, 1.54) is 18.2 Å². The van der Waals surface area contributed by atoms with Crippen molar-refractivity contribution in [3.8, 4) is 5.75 Å². The fraction of sp³-hybridized carbons (Fsp3) is 0.235. The molecule has 0 aliphatic rings. The second kappa shape index (κ2) is 7.92. The van der Waals surface area contributed by atoms with E-state index in [-0.39, 0.29) is 22.6 Å². The number of ether oxygens (including phenoxy) is 1. The van der Waals surface area contributed by atoms with Gasteiger partial charge in [-0.15, -0.1) is 0 Å². The summed E-state index contributed by atoms with van der Waals surface area (Å²) < 4.78 is 28.7. The van der Waals surface area contributed by atoms with Crippen LogP contribution in [0, 0.1) is 0 Å². The number of hydrogen-bond donors (Lipinski definition) is 1. The molecule has 1 atom stereocenters. The van der Waals surface area contributed by atoms with E-state index >= 15 is 0 Å². The number of benzene rings is 2. The molecule has 0 saturated carbocycles. The number of amides is 1. The van der Waals surface area contributed by atoms with Crippen LogP contribution in [0.5, 0.6) is 5.75 Å². The predicted octanol–water partition coefficient (Wildman–Crippen LogP) is 5.07. The minimum absolute atomic E-state index is 0.0101. The fourth-order valence-electron chi connectivity index (χ4n) is 2.26. The molecule has 0 bridgehead atoms. The molecule has 1 N–H and O–H groups in total. The predicted molar refractivity (Wildman–Crippen MR) is 86.2 cm³/mol. The van der Waals surface area contributed by atoms with Crippen molar-refractivity contribution in [3.63, 3.8) is 0 Å². The summed E-state index contributed by atoms with van der Waals surface area (Å²) in [5.41, 5.74) is 1.34. The summed E-state index contributed by atoms with van der Waals surface area (Å²) in [6, 6.07) is 13.6. The van der Waals surface area contributed by atoms with E-state index in [1.807, 2.05) is 37.3 Å². The van der Waals surface area contributed by atoms with Crippen molar-refractivity contribution in [1.82, 2.24) is 0 Å². The van der Waals surface area contributed by atoms with Gasteiger partial charge < -0.3 is 10.1 Å². The lowest BCUT2D eigenvalue weighted by Gasteiger charge is -2.16. The number of alkyl halides is 2. The summed E-state index contributed by atoms with van der Waals surface area (Å²) >= 11 is 5.88. The summed E-state index contributed by atoms with van der Waals surface area (Å²) in [7, 11) is 0. The molecule has 0 aliphatic carbocycles. The number of anilines is 1. The summed E-state index contributed by atoms with van der Waals surface area (Å²) in [6.45, 7) is -1.03. The zero-order valence-electron chi connectivity index (χ0n) is 12.4. The zero-order valence-corrected chi connectivity index (χ0v) is 13.2. The Morgan fingerprint density at radius 2 is 1.91 bits per heavy atom. The van der Waals surface area contributed by atoms with Gasteiger partial charge in [0, 0.05) is 5.69 Å². The van der Waals surface area contributed by atoms with Crippen LogP contribution in [0.15, 0.2) is 48.5 Å². The fourth-order valence-corrected chi connectivity index (χ4v) is 2.48. The van der Waals surface area contributed by atoms with E-state index in [2.05, 4.69) is 10.1 Å². The Kier molecular flexibility index (Phi) is 5.93. The minimum Gasteiger partial charge on any atom is -0.433 e. The van der Waals surface area contributed by atoms with Gasteiger partial charge in [-0.2, -0.15) is 8.78 Å². The van der Waals surface area contributed by atoms with E-state index in [4.69, 9.17) is 11.6 Å². The number of halogens is 3. The van der Waals surface area contributed by atoms with Gasteiger partial charge in [0.05, 0.1) is 10.9 Å². The van der Waals surface area contributed by atoms with Crippen LogP contribution in [0.1, 0.15) is 24.8 Å². The van der Waals surface area contributed by atoms with Gasteiger partial charge in [-0.05, 0) is 30.2 Å². The Morgan fingerprint density at radius 1 is 1.22 bits per heavy atom. The summed E-state index contributed by atoms with van der Waals surface area (Å²) in [4.78, 5) is 12.4. The van der Waals surface area contributed by atoms with Crippen molar-refractivity contribution in [1.29, 1.82) is 0 Å². The normalized spacial score (nSPS) is 12.0. The van der Waals surface area contributed by atoms with Crippen molar-refractivity contribution < 1.29 is 18.3 Å². The SMILES string of the molecule is CCC(C(=O)Nc1ccc(OC(F)F)c(Cl)c1)c1ccccc1. The van der Waals surface area contributed by atoms with E-state index in [9.17, 15) is 13.6 Å². The van der Waals surface area contributed by atoms with Gasteiger partial charge in [-0.1, -0.05) is 48.9 Å². The van der Waals surface area contributed by atoms with E-state index in [0.29, 0.717) is 12.1 Å². The number of hydrogen-bond acceptors (Lipinski definition) is 2. The van der Waals surface area contributed by atoms with Crippen LogP contribution in [0.4, 0.5) is 14.5 Å². The van der Waals surface area contributed by atoms with Crippen LogP contribution in [0.2, 0.25) is 5.02 Å². The Labute approximate surface area is 138 Å². The highest BCUT2D eigenvalue weighted by molar-refractivity contribution is 6.32. The Hall–Kier alpha value is -2.14. The third-order valence-electron chi connectivity index (χ3n) is 3.34. The quantitative estimate of drug-likeness (QED) is 0.797. The molecular formula is C17H16ClF2NO2.